The van der Waals surface area contributed by atoms with Gasteiger partial charge >= 0.3 is 0 Å². The molecular formula is C20H22N4O2. The molecule has 1 aliphatic heterocycles. The summed E-state index contributed by atoms with van der Waals surface area (Å²) in [5.41, 5.74) is 3.35. The lowest BCUT2D eigenvalue weighted by atomic mass is 10.2. The van der Waals surface area contributed by atoms with Crippen LogP contribution in [0.5, 0.6) is 0 Å². The van der Waals surface area contributed by atoms with Gasteiger partial charge in [-0.2, -0.15) is 4.98 Å². The van der Waals surface area contributed by atoms with Gasteiger partial charge in [0, 0.05) is 31.5 Å². The van der Waals surface area contributed by atoms with E-state index in [1.165, 1.54) is 5.56 Å². The van der Waals surface area contributed by atoms with Gasteiger partial charge in [0.2, 0.25) is 11.7 Å². The van der Waals surface area contributed by atoms with E-state index in [0.29, 0.717) is 24.7 Å². The Balaban J connectivity index is 1.39. The van der Waals surface area contributed by atoms with Crippen molar-refractivity contribution in [3.8, 4) is 0 Å². The molecule has 2 aromatic heterocycles. The molecular weight excluding hydrogens is 328 g/mol. The molecule has 0 radical (unpaired) electrons. The van der Waals surface area contributed by atoms with Gasteiger partial charge in [0.15, 0.2) is 0 Å². The Morgan fingerprint density at radius 3 is 2.81 bits per heavy atom. The zero-order chi connectivity index (χ0) is 17.8. The highest BCUT2D eigenvalue weighted by Crippen LogP contribution is 2.21. The molecule has 0 spiro atoms. The zero-order valence-corrected chi connectivity index (χ0v) is 14.8. The number of hydrogen-bond donors (Lipinski definition) is 0. The smallest absolute Gasteiger partial charge is 0.231 e. The summed E-state index contributed by atoms with van der Waals surface area (Å²) in [5, 5.41) is 4.14. The lowest BCUT2D eigenvalue weighted by Crippen LogP contribution is -2.38. The largest absolute Gasteiger partial charge is 0.367 e. The van der Waals surface area contributed by atoms with Crippen molar-refractivity contribution in [1.82, 2.24) is 20.0 Å². The van der Waals surface area contributed by atoms with Gasteiger partial charge in [0.05, 0.1) is 13.0 Å². The molecule has 1 aromatic carbocycles. The van der Waals surface area contributed by atoms with Crippen LogP contribution in [0.1, 0.15) is 34.6 Å². The maximum absolute atomic E-state index is 5.87. The highest BCUT2D eigenvalue weighted by Gasteiger charge is 2.26. The number of pyridine rings is 1. The third-order valence-corrected chi connectivity index (χ3v) is 4.50. The molecule has 0 aliphatic carbocycles. The lowest BCUT2D eigenvalue weighted by molar-refractivity contribution is -0.0380. The first kappa shape index (κ1) is 16.9. The quantitative estimate of drug-likeness (QED) is 0.705. The first-order valence-electron chi connectivity index (χ1n) is 8.88. The van der Waals surface area contributed by atoms with E-state index in [4.69, 9.17) is 9.26 Å². The molecule has 1 atom stereocenters. The van der Waals surface area contributed by atoms with Gasteiger partial charge in [-0.1, -0.05) is 41.6 Å². The Labute approximate surface area is 152 Å². The average Bonchev–Trinajstić information content (AvgIpc) is 3.13. The van der Waals surface area contributed by atoms with Gasteiger partial charge in [-0.3, -0.25) is 9.88 Å². The number of aromatic nitrogens is 3. The van der Waals surface area contributed by atoms with Crippen molar-refractivity contribution in [3.05, 3.63) is 77.2 Å². The number of aryl methyl sites for hydroxylation is 1. The summed E-state index contributed by atoms with van der Waals surface area (Å²) in [5.74, 6) is 1.22. The van der Waals surface area contributed by atoms with Crippen molar-refractivity contribution < 1.29 is 9.26 Å². The molecule has 0 N–H and O–H groups in total. The molecule has 6 nitrogen and oxygen atoms in total. The summed E-state index contributed by atoms with van der Waals surface area (Å²) >= 11 is 0. The van der Waals surface area contributed by atoms with Crippen LogP contribution in [-0.2, 0) is 17.7 Å². The van der Waals surface area contributed by atoms with Crippen molar-refractivity contribution >= 4 is 0 Å². The van der Waals surface area contributed by atoms with Crippen molar-refractivity contribution in [2.45, 2.75) is 26.0 Å². The molecule has 0 bridgehead atoms. The molecule has 0 saturated carbocycles. The van der Waals surface area contributed by atoms with E-state index in [1.807, 2.05) is 31.3 Å². The molecule has 1 aliphatic rings. The van der Waals surface area contributed by atoms with E-state index in [-0.39, 0.29) is 6.10 Å². The van der Waals surface area contributed by atoms with E-state index in [1.54, 1.807) is 0 Å². The highest BCUT2D eigenvalue weighted by molar-refractivity contribution is 5.17. The van der Waals surface area contributed by atoms with E-state index < -0.39 is 0 Å². The van der Waals surface area contributed by atoms with E-state index in [2.05, 4.69) is 44.3 Å². The Morgan fingerprint density at radius 2 is 2.00 bits per heavy atom. The summed E-state index contributed by atoms with van der Waals surface area (Å²) in [6, 6.07) is 14.5. The third-order valence-electron chi connectivity index (χ3n) is 4.50. The van der Waals surface area contributed by atoms with Gasteiger partial charge in [0.25, 0.3) is 0 Å². The normalized spacial score (nSPS) is 18.1. The molecule has 3 heterocycles. The summed E-state index contributed by atoms with van der Waals surface area (Å²) < 4.78 is 11.3. The second-order valence-corrected chi connectivity index (χ2v) is 6.61. The van der Waals surface area contributed by atoms with Crippen molar-refractivity contribution in [1.29, 1.82) is 0 Å². The number of benzene rings is 1. The Kier molecular flexibility index (Phi) is 5.04. The van der Waals surface area contributed by atoms with Crippen molar-refractivity contribution in [3.63, 3.8) is 0 Å². The molecule has 6 heteroatoms. The SMILES string of the molecule is Cc1ccc(Cc2nc([C@@H]3CN(Cc4ccccc4)CCO3)no2)cn1. The Hall–Kier alpha value is -2.57. The van der Waals surface area contributed by atoms with Crippen molar-refractivity contribution in [2.24, 2.45) is 0 Å². The fourth-order valence-corrected chi connectivity index (χ4v) is 3.09. The van der Waals surface area contributed by atoms with E-state index in [9.17, 15) is 0 Å². The molecule has 3 aromatic rings. The average molecular weight is 350 g/mol. The summed E-state index contributed by atoms with van der Waals surface area (Å²) in [7, 11) is 0. The first-order chi connectivity index (χ1) is 12.8. The van der Waals surface area contributed by atoms with Crippen LogP contribution in [0.2, 0.25) is 0 Å². The van der Waals surface area contributed by atoms with Crippen LogP contribution in [0.4, 0.5) is 0 Å². The second kappa shape index (κ2) is 7.76. The molecule has 4 rings (SSSR count). The maximum atomic E-state index is 5.87. The first-order valence-corrected chi connectivity index (χ1v) is 8.88. The maximum Gasteiger partial charge on any atom is 0.231 e. The third kappa shape index (κ3) is 4.15. The Bertz CT molecular complexity index is 833. The number of rotatable bonds is 5. The van der Waals surface area contributed by atoms with Gasteiger partial charge < -0.3 is 9.26 Å². The van der Waals surface area contributed by atoms with Gasteiger partial charge in [-0.15, -0.1) is 0 Å². The van der Waals surface area contributed by atoms with Gasteiger partial charge in [-0.25, -0.2) is 0 Å². The van der Waals surface area contributed by atoms with Crippen LogP contribution in [0, 0.1) is 6.92 Å². The van der Waals surface area contributed by atoms with Crippen LogP contribution >= 0.6 is 0 Å². The standard InChI is InChI=1S/C20H22N4O2/c1-15-7-8-17(12-21-15)11-19-22-20(23-26-19)18-14-24(9-10-25-18)13-16-5-3-2-4-6-16/h2-8,12,18H,9-11,13-14H2,1H3/t18-/m0/s1. The molecule has 1 saturated heterocycles. The molecule has 0 unspecified atom stereocenters. The Morgan fingerprint density at radius 1 is 1.12 bits per heavy atom. The molecule has 0 amide bonds. The van der Waals surface area contributed by atoms with Crippen LogP contribution < -0.4 is 0 Å². The van der Waals surface area contributed by atoms with E-state index in [0.717, 1.165) is 30.9 Å². The summed E-state index contributed by atoms with van der Waals surface area (Å²) in [4.78, 5) is 11.2. The fourth-order valence-electron chi connectivity index (χ4n) is 3.09. The van der Waals surface area contributed by atoms with E-state index >= 15 is 0 Å². The van der Waals surface area contributed by atoms with Crippen LogP contribution in [0.25, 0.3) is 0 Å². The molecule has 134 valence electrons. The predicted octanol–water partition coefficient (Wildman–Crippen LogP) is 2.94. The van der Waals surface area contributed by atoms with Crippen molar-refractivity contribution in [2.75, 3.05) is 19.7 Å². The molecule has 1 fully saturated rings. The molecule has 26 heavy (non-hydrogen) atoms. The summed E-state index contributed by atoms with van der Waals surface area (Å²) in [6.07, 6.45) is 2.28. The van der Waals surface area contributed by atoms with Crippen LogP contribution in [0.15, 0.2) is 53.2 Å². The van der Waals surface area contributed by atoms with Crippen LogP contribution in [0.3, 0.4) is 0 Å². The number of nitrogens with zero attached hydrogens (tertiary/aromatic N) is 4. The highest BCUT2D eigenvalue weighted by atomic mass is 16.5. The minimum Gasteiger partial charge on any atom is -0.367 e. The number of ether oxygens (including phenoxy) is 1. The lowest BCUT2D eigenvalue weighted by Gasteiger charge is -2.31. The minimum absolute atomic E-state index is 0.152. The monoisotopic (exact) mass is 350 g/mol. The van der Waals surface area contributed by atoms with Gasteiger partial charge in [0.1, 0.15) is 6.10 Å². The number of morpholine rings is 1. The minimum atomic E-state index is -0.152. The topological polar surface area (TPSA) is 64.3 Å². The summed E-state index contributed by atoms with van der Waals surface area (Å²) in [6.45, 7) is 5.21. The number of hydrogen-bond acceptors (Lipinski definition) is 6. The zero-order valence-electron chi connectivity index (χ0n) is 14.8. The fraction of sp³-hybridized carbons (Fsp3) is 0.350. The van der Waals surface area contributed by atoms with Crippen LogP contribution in [-0.4, -0.2) is 39.7 Å². The second-order valence-electron chi connectivity index (χ2n) is 6.61. The van der Waals surface area contributed by atoms with Gasteiger partial charge in [-0.05, 0) is 24.1 Å². The predicted molar refractivity (Wildman–Crippen MR) is 96.5 cm³/mol.